The molecule has 4 N–H and O–H groups in total. The summed E-state index contributed by atoms with van der Waals surface area (Å²) < 4.78 is 39.2. The van der Waals surface area contributed by atoms with Gasteiger partial charge in [0.2, 0.25) is 0 Å². The highest BCUT2D eigenvalue weighted by molar-refractivity contribution is 7.13. The van der Waals surface area contributed by atoms with Gasteiger partial charge in [0.15, 0.2) is 0 Å². The summed E-state index contributed by atoms with van der Waals surface area (Å²) in [5.41, 5.74) is -0.00185. The average molecular weight is 595 g/mol. The number of halogens is 4. The third kappa shape index (κ3) is 8.48. The number of anilines is 2. The van der Waals surface area contributed by atoms with Gasteiger partial charge in [-0.2, -0.15) is 13.2 Å². The molecule has 1 atom stereocenters. The minimum absolute atomic E-state index is 0.110. The molecule has 0 aliphatic rings. The minimum atomic E-state index is -4.70. The first-order valence-corrected chi connectivity index (χ1v) is 13.1. The molecule has 10 nitrogen and oxygen atoms in total. The van der Waals surface area contributed by atoms with E-state index in [1.807, 2.05) is 32.1 Å². The Bertz CT molecular complexity index is 1410. The zero-order valence-corrected chi connectivity index (χ0v) is 23.2. The Hall–Kier alpha value is -4.04. The number of nitrogens with zero attached hydrogens (tertiary/aromatic N) is 4. The van der Waals surface area contributed by atoms with Gasteiger partial charge in [-0.05, 0) is 32.9 Å². The van der Waals surface area contributed by atoms with Crippen molar-refractivity contribution in [1.82, 2.24) is 30.6 Å². The molecule has 0 saturated carbocycles. The molecule has 0 aromatic carbocycles. The summed E-state index contributed by atoms with van der Waals surface area (Å²) in [4.78, 5) is 41.4. The van der Waals surface area contributed by atoms with Crippen LogP contribution in [0, 0.1) is 0 Å². The van der Waals surface area contributed by atoms with Crippen molar-refractivity contribution in [2.45, 2.75) is 33.0 Å². The molecule has 0 spiro atoms. The molecule has 212 valence electrons. The van der Waals surface area contributed by atoms with Crippen LogP contribution in [0.2, 0.25) is 5.02 Å². The van der Waals surface area contributed by atoms with Gasteiger partial charge in [-0.15, -0.1) is 11.3 Å². The van der Waals surface area contributed by atoms with E-state index in [1.165, 1.54) is 18.6 Å². The smallest absolute Gasteiger partial charge is 0.384 e. The van der Waals surface area contributed by atoms with E-state index >= 15 is 0 Å². The number of allylic oxidation sites excluding steroid dienone is 3. The van der Waals surface area contributed by atoms with E-state index in [1.54, 1.807) is 6.92 Å². The number of aromatic nitrogens is 4. The monoisotopic (exact) mass is 594 g/mol. The van der Waals surface area contributed by atoms with Crippen molar-refractivity contribution in [3.63, 3.8) is 0 Å². The van der Waals surface area contributed by atoms with Crippen LogP contribution < -0.4 is 21.3 Å². The first-order chi connectivity index (χ1) is 19.0. The number of nitrogens with one attached hydrogen (secondary N) is 4. The molecule has 0 radical (unpaired) electrons. The van der Waals surface area contributed by atoms with Crippen molar-refractivity contribution in [2.75, 3.05) is 23.7 Å². The van der Waals surface area contributed by atoms with Crippen molar-refractivity contribution < 1.29 is 22.8 Å². The van der Waals surface area contributed by atoms with Gasteiger partial charge in [0.25, 0.3) is 11.8 Å². The molecule has 3 heterocycles. The van der Waals surface area contributed by atoms with Crippen LogP contribution in [0.3, 0.4) is 0 Å². The topological polar surface area (TPSA) is 134 Å². The zero-order valence-electron chi connectivity index (χ0n) is 21.6. The Balaban J connectivity index is 1.57. The van der Waals surface area contributed by atoms with Gasteiger partial charge in [0, 0.05) is 31.0 Å². The Kier molecular flexibility index (Phi) is 10.6. The summed E-state index contributed by atoms with van der Waals surface area (Å²) >= 11 is 6.53. The summed E-state index contributed by atoms with van der Waals surface area (Å²) in [5, 5.41) is 11.3. The maximum absolute atomic E-state index is 13.1. The number of hydrogen-bond donors (Lipinski definition) is 4. The molecule has 0 fully saturated rings. The van der Waals surface area contributed by atoms with Crippen LogP contribution in [0.4, 0.5) is 24.8 Å². The van der Waals surface area contributed by atoms with Crippen molar-refractivity contribution in [3.8, 4) is 0 Å². The molecule has 3 aromatic rings. The van der Waals surface area contributed by atoms with Crippen LogP contribution in [-0.4, -0.2) is 44.8 Å². The molecular formula is C25H26ClF3N8O2S. The van der Waals surface area contributed by atoms with Gasteiger partial charge in [0.05, 0.1) is 22.8 Å². The van der Waals surface area contributed by atoms with Gasteiger partial charge < -0.3 is 21.3 Å². The average Bonchev–Trinajstić information content (AvgIpc) is 3.42. The molecule has 0 saturated heterocycles. The SMILES string of the molecule is C/C=C\C(=C/C)NCCNc1cc(C(=O)NC(C)c2ncc(C(=O)Nc3cc(C(F)(F)F)c(Cl)cn3)s2)ncn1. The number of carbonyl (C=O) groups excluding carboxylic acids is 2. The van der Waals surface area contributed by atoms with Crippen LogP contribution in [0.5, 0.6) is 0 Å². The van der Waals surface area contributed by atoms with E-state index in [0.717, 1.165) is 23.2 Å². The lowest BCUT2D eigenvalue weighted by Gasteiger charge is -2.12. The van der Waals surface area contributed by atoms with Crippen LogP contribution in [0.15, 0.2) is 54.8 Å². The second kappa shape index (κ2) is 13.8. The fourth-order valence-corrected chi connectivity index (χ4v) is 4.27. The van der Waals surface area contributed by atoms with Gasteiger partial charge >= 0.3 is 6.18 Å². The lowest BCUT2D eigenvalue weighted by atomic mass is 10.2. The zero-order chi connectivity index (χ0) is 29.3. The van der Waals surface area contributed by atoms with Crippen molar-refractivity contribution >= 4 is 46.4 Å². The highest BCUT2D eigenvalue weighted by atomic mass is 35.5. The maximum Gasteiger partial charge on any atom is 0.418 e. The number of amides is 2. The molecular weight excluding hydrogens is 569 g/mol. The maximum atomic E-state index is 13.1. The number of alkyl halides is 3. The predicted molar refractivity (Wildman–Crippen MR) is 147 cm³/mol. The van der Waals surface area contributed by atoms with Crippen LogP contribution in [-0.2, 0) is 6.18 Å². The first-order valence-electron chi connectivity index (χ1n) is 11.9. The molecule has 0 bridgehead atoms. The van der Waals surface area contributed by atoms with Crippen molar-refractivity contribution in [2.24, 2.45) is 0 Å². The van der Waals surface area contributed by atoms with Crippen LogP contribution in [0.25, 0.3) is 0 Å². The number of hydrogen-bond acceptors (Lipinski definition) is 9. The molecule has 0 aliphatic heterocycles. The molecule has 1 unspecified atom stereocenters. The summed E-state index contributed by atoms with van der Waals surface area (Å²) in [6.45, 7) is 6.72. The second-order valence-electron chi connectivity index (χ2n) is 8.15. The van der Waals surface area contributed by atoms with Gasteiger partial charge in [0.1, 0.15) is 33.5 Å². The number of thiazole rings is 1. The summed E-state index contributed by atoms with van der Waals surface area (Å²) in [5.74, 6) is -1.03. The van der Waals surface area contributed by atoms with E-state index in [0.29, 0.717) is 30.0 Å². The van der Waals surface area contributed by atoms with E-state index in [9.17, 15) is 22.8 Å². The van der Waals surface area contributed by atoms with Crippen LogP contribution >= 0.6 is 22.9 Å². The largest absolute Gasteiger partial charge is 0.418 e. The van der Waals surface area contributed by atoms with Gasteiger partial charge in [-0.25, -0.2) is 19.9 Å². The Morgan fingerprint density at radius 3 is 2.52 bits per heavy atom. The quantitative estimate of drug-likeness (QED) is 0.175. The minimum Gasteiger partial charge on any atom is -0.384 e. The van der Waals surface area contributed by atoms with Gasteiger partial charge in [-0.1, -0.05) is 23.8 Å². The van der Waals surface area contributed by atoms with Crippen molar-refractivity contribution in [1.29, 1.82) is 0 Å². The molecule has 3 rings (SSSR count). The normalized spacial score (nSPS) is 12.7. The molecule has 0 aliphatic carbocycles. The summed E-state index contributed by atoms with van der Waals surface area (Å²) in [6.07, 6.45) is 4.48. The fraction of sp³-hybridized carbons (Fsp3) is 0.280. The number of carbonyl (C=O) groups is 2. The Morgan fingerprint density at radius 2 is 1.82 bits per heavy atom. The van der Waals surface area contributed by atoms with Crippen LogP contribution in [0.1, 0.15) is 57.5 Å². The van der Waals surface area contributed by atoms with Gasteiger partial charge in [-0.3, -0.25) is 9.59 Å². The third-order valence-corrected chi connectivity index (χ3v) is 6.66. The highest BCUT2D eigenvalue weighted by Crippen LogP contribution is 2.35. The van der Waals surface area contributed by atoms with E-state index in [2.05, 4.69) is 41.2 Å². The fourth-order valence-electron chi connectivity index (χ4n) is 3.24. The highest BCUT2D eigenvalue weighted by Gasteiger charge is 2.34. The summed E-state index contributed by atoms with van der Waals surface area (Å²) in [7, 11) is 0. The summed E-state index contributed by atoms with van der Waals surface area (Å²) in [6, 6.07) is 1.57. The Labute approximate surface area is 237 Å². The first kappa shape index (κ1) is 30.5. The lowest BCUT2D eigenvalue weighted by Crippen LogP contribution is -2.27. The Morgan fingerprint density at radius 1 is 1.05 bits per heavy atom. The molecule has 15 heteroatoms. The standard InChI is InChI=1S/C25H26ClF3N8O2S/c1-4-6-15(5-2)30-7-8-31-20-10-18(34-13-35-20)22(38)36-14(3)24-33-12-19(40-24)23(39)37-21-9-16(25(27,28)29)17(26)11-32-21/h4-6,9-14,30H,7-8H2,1-3H3,(H,36,38)(H,31,34,35)(H,32,37,39)/b6-4-,15-5+. The number of pyridine rings is 1. The second-order valence-corrected chi connectivity index (χ2v) is 9.61. The number of rotatable bonds is 11. The third-order valence-electron chi connectivity index (χ3n) is 5.18. The van der Waals surface area contributed by atoms with E-state index in [4.69, 9.17) is 11.6 Å². The molecule has 40 heavy (non-hydrogen) atoms. The van der Waals surface area contributed by atoms with E-state index in [-0.39, 0.29) is 16.4 Å². The molecule has 2 amide bonds. The molecule has 3 aromatic heterocycles. The van der Waals surface area contributed by atoms with Crippen molar-refractivity contribution in [3.05, 3.63) is 80.9 Å². The lowest BCUT2D eigenvalue weighted by molar-refractivity contribution is -0.137. The predicted octanol–water partition coefficient (Wildman–Crippen LogP) is 5.23. The van der Waals surface area contributed by atoms with E-state index < -0.39 is 34.6 Å².